The Bertz CT molecular complexity index is 848. The molecule has 0 heterocycles. The van der Waals surface area contributed by atoms with Gasteiger partial charge in [0.2, 0.25) is 0 Å². The Kier molecular flexibility index (Phi) is 5.31. The van der Waals surface area contributed by atoms with Gasteiger partial charge in [0.1, 0.15) is 0 Å². The van der Waals surface area contributed by atoms with Gasteiger partial charge in [-0.2, -0.15) is 0 Å². The lowest BCUT2D eigenvalue weighted by molar-refractivity contribution is -0.243. The maximum atomic E-state index is 10.9. The fraction of sp³-hybridized carbons (Fsp3) is 0.900. The monoisotopic (exact) mass is 455 g/mol. The zero-order valence-electron chi connectivity index (χ0n) is 22.2. The molecule has 0 amide bonds. The van der Waals surface area contributed by atoms with Crippen molar-refractivity contribution < 1.29 is 10.3 Å². The molecule has 5 fully saturated rings. The molecule has 186 valence electrons. The van der Waals surface area contributed by atoms with E-state index in [0.29, 0.717) is 39.9 Å². The van der Waals surface area contributed by atoms with Crippen LogP contribution in [0.1, 0.15) is 106 Å². The molecular formula is C30H49NO2. The third-order valence-corrected chi connectivity index (χ3v) is 13.4. The Balaban J connectivity index is 1.56. The number of hydrogen-bond donors (Lipinski definition) is 2. The molecule has 0 radical (unpaired) electrons. The maximum Gasteiger partial charge on any atom is 0.0594 e. The van der Waals surface area contributed by atoms with Crippen LogP contribution in [0.2, 0.25) is 0 Å². The first kappa shape index (κ1) is 23.9. The van der Waals surface area contributed by atoms with Crippen LogP contribution in [0.25, 0.3) is 0 Å². The second-order valence-corrected chi connectivity index (χ2v) is 14.5. The number of rotatable bonds is 2. The van der Waals surface area contributed by atoms with Crippen LogP contribution in [0, 0.1) is 56.7 Å². The summed E-state index contributed by atoms with van der Waals surface area (Å²) in [7, 11) is 0. The molecule has 33 heavy (non-hydrogen) atoms. The second kappa shape index (κ2) is 7.34. The average Bonchev–Trinajstić information content (AvgIpc) is 3.12. The summed E-state index contributed by atoms with van der Waals surface area (Å²) in [6.07, 6.45) is 13.9. The summed E-state index contributed by atoms with van der Waals surface area (Å²) in [5.41, 5.74) is 2.40. The zero-order valence-corrected chi connectivity index (χ0v) is 22.2. The molecule has 3 nitrogen and oxygen atoms in total. The van der Waals surface area contributed by atoms with Crippen LogP contribution in [0.15, 0.2) is 17.3 Å². The number of allylic oxidation sites excluding steroid dienone is 1. The molecular weight excluding hydrogens is 406 g/mol. The molecule has 0 aromatic rings. The SMILES string of the molecule is C=C(C)[C@@H]1CC[C@]2(/C=N/O)CC[C@]3(C)[C@H](CC[C@H]4[C@@]5(C)CC[C@H](O)C(C)(C)[C@@H]5CC[C@]43C)[C@@H]12. The Morgan fingerprint density at radius 2 is 1.58 bits per heavy atom. The van der Waals surface area contributed by atoms with Gasteiger partial charge in [0.25, 0.3) is 0 Å². The summed E-state index contributed by atoms with van der Waals surface area (Å²) in [5, 5.41) is 24.2. The van der Waals surface area contributed by atoms with Crippen molar-refractivity contribution in [2.24, 2.45) is 61.8 Å². The van der Waals surface area contributed by atoms with Gasteiger partial charge in [-0.1, -0.05) is 46.8 Å². The van der Waals surface area contributed by atoms with Crippen molar-refractivity contribution in [3.05, 3.63) is 12.2 Å². The van der Waals surface area contributed by atoms with Gasteiger partial charge in [-0.05, 0) is 122 Å². The molecule has 5 saturated carbocycles. The Hall–Kier alpha value is -0.830. The fourth-order valence-electron chi connectivity index (χ4n) is 11.5. The number of oxime groups is 1. The van der Waals surface area contributed by atoms with E-state index < -0.39 is 0 Å². The first-order chi connectivity index (χ1) is 15.4. The van der Waals surface area contributed by atoms with Gasteiger partial charge in [-0.15, -0.1) is 5.16 Å². The van der Waals surface area contributed by atoms with E-state index >= 15 is 0 Å². The normalized spacial score (nSPS) is 55.4. The minimum atomic E-state index is -0.158. The molecule has 0 bridgehead atoms. The molecule has 0 saturated heterocycles. The lowest BCUT2D eigenvalue weighted by Crippen LogP contribution is -2.66. The van der Waals surface area contributed by atoms with Crippen molar-refractivity contribution in [1.82, 2.24) is 0 Å². The summed E-state index contributed by atoms with van der Waals surface area (Å²) < 4.78 is 0. The molecule has 5 aliphatic carbocycles. The van der Waals surface area contributed by atoms with E-state index in [1.807, 2.05) is 6.21 Å². The fourth-order valence-corrected chi connectivity index (χ4v) is 11.5. The van der Waals surface area contributed by atoms with Crippen molar-refractivity contribution in [3.63, 3.8) is 0 Å². The van der Waals surface area contributed by atoms with Gasteiger partial charge >= 0.3 is 0 Å². The van der Waals surface area contributed by atoms with E-state index in [4.69, 9.17) is 0 Å². The standard InChI is InChI=1S/C30H49NO2/c1-19(2)20-10-15-30(18-31-33)17-16-28(6)21(25(20)30)8-9-23-27(5)13-12-24(32)26(3,4)22(27)11-14-29(23,28)7/h18,20-25,32-33H,1,8-17H2,2-7H3/b31-18+/t20-,21+,22-,23-,24-,25+,27-,28+,29+,30+/m0/s1. The molecule has 3 heteroatoms. The van der Waals surface area contributed by atoms with Crippen LogP contribution < -0.4 is 0 Å². The highest BCUT2D eigenvalue weighted by Crippen LogP contribution is 2.77. The van der Waals surface area contributed by atoms with Crippen LogP contribution in [0.5, 0.6) is 0 Å². The summed E-state index contributed by atoms with van der Waals surface area (Å²) in [6.45, 7) is 19.3. The molecule has 0 unspecified atom stereocenters. The molecule has 0 spiro atoms. The summed E-state index contributed by atoms with van der Waals surface area (Å²) in [4.78, 5) is 0. The maximum absolute atomic E-state index is 10.9. The summed E-state index contributed by atoms with van der Waals surface area (Å²) in [6, 6.07) is 0. The lowest BCUT2D eigenvalue weighted by Gasteiger charge is -2.72. The zero-order chi connectivity index (χ0) is 24.0. The molecule has 0 aromatic carbocycles. The van der Waals surface area contributed by atoms with Crippen molar-refractivity contribution in [2.45, 2.75) is 112 Å². The van der Waals surface area contributed by atoms with E-state index in [0.717, 1.165) is 25.2 Å². The van der Waals surface area contributed by atoms with Gasteiger partial charge in [-0.25, -0.2) is 0 Å². The van der Waals surface area contributed by atoms with Gasteiger partial charge in [-0.3, -0.25) is 0 Å². The van der Waals surface area contributed by atoms with E-state index in [2.05, 4.69) is 53.3 Å². The topological polar surface area (TPSA) is 52.8 Å². The third kappa shape index (κ3) is 2.87. The molecule has 10 atom stereocenters. The minimum Gasteiger partial charge on any atom is -0.411 e. The molecule has 5 aliphatic rings. The Morgan fingerprint density at radius 3 is 2.24 bits per heavy atom. The first-order valence-corrected chi connectivity index (χ1v) is 13.9. The number of aliphatic hydroxyl groups is 1. The highest BCUT2D eigenvalue weighted by Gasteiger charge is 2.70. The quantitative estimate of drug-likeness (QED) is 0.196. The summed E-state index contributed by atoms with van der Waals surface area (Å²) in [5.74, 6) is 3.16. The summed E-state index contributed by atoms with van der Waals surface area (Å²) >= 11 is 0. The minimum absolute atomic E-state index is 0.0158. The van der Waals surface area contributed by atoms with Crippen molar-refractivity contribution in [2.75, 3.05) is 0 Å². The smallest absolute Gasteiger partial charge is 0.0594 e. The van der Waals surface area contributed by atoms with Crippen molar-refractivity contribution >= 4 is 6.21 Å². The Morgan fingerprint density at radius 1 is 0.848 bits per heavy atom. The van der Waals surface area contributed by atoms with Gasteiger partial charge in [0, 0.05) is 5.41 Å². The lowest BCUT2D eigenvalue weighted by atomic mass is 9.32. The third-order valence-electron chi connectivity index (χ3n) is 13.4. The van der Waals surface area contributed by atoms with Gasteiger partial charge in [0.15, 0.2) is 0 Å². The highest BCUT2D eigenvalue weighted by molar-refractivity contribution is 5.67. The van der Waals surface area contributed by atoms with Crippen molar-refractivity contribution in [3.8, 4) is 0 Å². The average molecular weight is 456 g/mol. The van der Waals surface area contributed by atoms with Crippen LogP contribution in [-0.4, -0.2) is 22.6 Å². The van der Waals surface area contributed by atoms with Crippen LogP contribution in [0.3, 0.4) is 0 Å². The van der Waals surface area contributed by atoms with E-state index in [1.165, 1.54) is 50.5 Å². The highest BCUT2D eigenvalue weighted by atomic mass is 16.4. The van der Waals surface area contributed by atoms with Crippen LogP contribution in [-0.2, 0) is 0 Å². The molecule has 0 aliphatic heterocycles. The van der Waals surface area contributed by atoms with E-state index in [1.54, 1.807) is 0 Å². The van der Waals surface area contributed by atoms with E-state index in [-0.39, 0.29) is 16.9 Å². The second-order valence-electron chi connectivity index (χ2n) is 14.5. The predicted molar refractivity (Wildman–Crippen MR) is 135 cm³/mol. The molecule has 0 aromatic heterocycles. The van der Waals surface area contributed by atoms with Gasteiger partial charge in [0.05, 0.1) is 12.3 Å². The number of nitrogens with zero attached hydrogens (tertiary/aromatic N) is 1. The molecule has 5 rings (SSSR count). The van der Waals surface area contributed by atoms with Crippen LogP contribution in [0.4, 0.5) is 0 Å². The van der Waals surface area contributed by atoms with E-state index in [9.17, 15) is 10.3 Å². The number of fused-ring (bicyclic) bond motifs is 7. The van der Waals surface area contributed by atoms with Crippen LogP contribution >= 0.6 is 0 Å². The Labute approximate surface area is 202 Å². The number of hydrogen-bond acceptors (Lipinski definition) is 3. The first-order valence-electron chi connectivity index (χ1n) is 13.9. The van der Waals surface area contributed by atoms with Gasteiger partial charge < -0.3 is 10.3 Å². The number of aliphatic hydroxyl groups excluding tert-OH is 1. The predicted octanol–water partition coefficient (Wildman–Crippen LogP) is 7.46. The largest absolute Gasteiger partial charge is 0.411 e. The van der Waals surface area contributed by atoms with Crippen molar-refractivity contribution in [1.29, 1.82) is 0 Å². The molecule has 2 N–H and O–H groups in total.